The lowest BCUT2D eigenvalue weighted by atomic mass is 9.82. The molecule has 1 unspecified atom stereocenters. The highest BCUT2D eigenvalue weighted by atomic mass is 16.5. The first-order chi connectivity index (χ1) is 13.6. The normalized spacial score (nSPS) is 15.5. The first-order valence-corrected chi connectivity index (χ1v) is 9.87. The van der Waals surface area contributed by atoms with Crippen molar-refractivity contribution < 1.29 is 19.4 Å². The van der Waals surface area contributed by atoms with Crippen LogP contribution in [0.15, 0.2) is 48.5 Å². The number of hydrogen-bond donors (Lipinski definition) is 2. The molecule has 1 atom stereocenters. The van der Waals surface area contributed by atoms with Crippen LogP contribution in [0.25, 0.3) is 0 Å². The number of rotatable bonds is 9. The highest BCUT2D eigenvalue weighted by molar-refractivity contribution is 5.76. The summed E-state index contributed by atoms with van der Waals surface area (Å²) < 4.78 is 5.52. The van der Waals surface area contributed by atoms with Crippen LogP contribution in [0.5, 0.6) is 5.75 Å². The van der Waals surface area contributed by atoms with Gasteiger partial charge < -0.3 is 15.2 Å². The van der Waals surface area contributed by atoms with Crippen molar-refractivity contribution in [1.82, 2.24) is 5.32 Å². The van der Waals surface area contributed by atoms with Crippen molar-refractivity contribution in [2.75, 3.05) is 6.61 Å². The second-order valence-corrected chi connectivity index (χ2v) is 7.35. The molecule has 0 bridgehead atoms. The zero-order valence-electron chi connectivity index (χ0n) is 16.0. The van der Waals surface area contributed by atoms with Gasteiger partial charge >= 0.3 is 5.97 Å². The second-order valence-electron chi connectivity index (χ2n) is 7.35. The van der Waals surface area contributed by atoms with Crippen molar-refractivity contribution in [2.45, 2.75) is 45.1 Å². The Labute approximate surface area is 165 Å². The summed E-state index contributed by atoms with van der Waals surface area (Å²) in [6, 6.07) is 16.0. The van der Waals surface area contributed by atoms with Gasteiger partial charge in [0.2, 0.25) is 5.91 Å². The number of carbonyl (C=O) groups is 2. The molecule has 0 aliphatic heterocycles. The monoisotopic (exact) mass is 381 g/mol. The molecule has 148 valence electrons. The number of amides is 1. The molecule has 1 aliphatic rings. The maximum atomic E-state index is 12.3. The van der Waals surface area contributed by atoms with Gasteiger partial charge in [-0.2, -0.15) is 0 Å². The number of benzene rings is 2. The number of nitrogens with one attached hydrogen (secondary N) is 1. The Morgan fingerprint density at radius 2 is 1.82 bits per heavy atom. The van der Waals surface area contributed by atoms with Gasteiger partial charge in [-0.3, -0.25) is 9.59 Å². The molecule has 0 saturated carbocycles. The summed E-state index contributed by atoms with van der Waals surface area (Å²) in [7, 11) is 0. The summed E-state index contributed by atoms with van der Waals surface area (Å²) in [4.78, 5) is 22.8. The topological polar surface area (TPSA) is 75.6 Å². The summed E-state index contributed by atoms with van der Waals surface area (Å²) in [5.74, 6) is 0.406. The molecule has 2 aromatic rings. The number of carboxylic acid groups (broad SMARTS) is 1. The van der Waals surface area contributed by atoms with Crippen molar-refractivity contribution in [2.24, 2.45) is 5.92 Å². The van der Waals surface area contributed by atoms with Crippen LogP contribution in [-0.4, -0.2) is 23.6 Å². The maximum absolute atomic E-state index is 12.3. The first-order valence-electron chi connectivity index (χ1n) is 9.87. The van der Waals surface area contributed by atoms with E-state index in [2.05, 4.69) is 29.6 Å². The standard InChI is InChI=1S/C23H27NO4/c25-22(15-18-7-10-19-4-1-2-5-20(19)14-18)24-16-17-8-11-21(12-9-17)28-13-3-6-23(26)27/h1-2,4-5,8-9,11-12,18H,3,6-7,10,13-16H2,(H,24,25)(H,26,27). The van der Waals surface area contributed by atoms with E-state index in [4.69, 9.17) is 9.84 Å². The molecular formula is C23H27NO4. The fourth-order valence-corrected chi connectivity index (χ4v) is 3.60. The van der Waals surface area contributed by atoms with E-state index in [9.17, 15) is 9.59 Å². The van der Waals surface area contributed by atoms with E-state index in [1.807, 2.05) is 24.3 Å². The summed E-state index contributed by atoms with van der Waals surface area (Å²) in [6.07, 6.45) is 4.27. The highest BCUT2D eigenvalue weighted by Gasteiger charge is 2.20. The molecule has 1 amide bonds. The summed E-state index contributed by atoms with van der Waals surface area (Å²) in [5, 5.41) is 11.6. The number of hydrogen-bond acceptors (Lipinski definition) is 3. The van der Waals surface area contributed by atoms with Gasteiger partial charge in [-0.05, 0) is 60.4 Å². The molecule has 0 spiro atoms. The minimum absolute atomic E-state index is 0.0957. The van der Waals surface area contributed by atoms with Crippen molar-refractivity contribution in [3.05, 3.63) is 65.2 Å². The lowest BCUT2D eigenvalue weighted by molar-refractivity contribution is -0.137. The number of aryl methyl sites for hydroxylation is 1. The van der Waals surface area contributed by atoms with Crippen LogP contribution in [-0.2, 0) is 29.0 Å². The summed E-state index contributed by atoms with van der Waals surface area (Å²) >= 11 is 0. The fourth-order valence-electron chi connectivity index (χ4n) is 3.60. The highest BCUT2D eigenvalue weighted by Crippen LogP contribution is 2.27. The third-order valence-corrected chi connectivity index (χ3v) is 5.14. The Hall–Kier alpha value is -2.82. The van der Waals surface area contributed by atoms with Gasteiger partial charge in [0.1, 0.15) is 5.75 Å². The van der Waals surface area contributed by atoms with E-state index in [0.29, 0.717) is 37.7 Å². The van der Waals surface area contributed by atoms with Gasteiger partial charge in [0.05, 0.1) is 6.61 Å². The van der Waals surface area contributed by atoms with E-state index in [1.54, 1.807) is 0 Å². The number of fused-ring (bicyclic) bond motifs is 1. The van der Waals surface area contributed by atoms with Crippen molar-refractivity contribution in [3.8, 4) is 5.75 Å². The van der Waals surface area contributed by atoms with Crippen LogP contribution in [0.2, 0.25) is 0 Å². The van der Waals surface area contributed by atoms with Crippen LogP contribution in [0.4, 0.5) is 0 Å². The molecule has 5 nitrogen and oxygen atoms in total. The van der Waals surface area contributed by atoms with E-state index >= 15 is 0 Å². The zero-order chi connectivity index (χ0) is 19.8. The summed E-state index contributed by atoms with van der Waals surface area (Å²) in [6.45, 7) is 0.883. The van der Waals surface area contributed by atoms with Gasteiger partial charge in [-0.25, -0.2) is 0 Å². The molecule has 1 aliphatic carbocycles. The van der Waals surface area contributed by atoms with Crippen LogP contribution >= 0.6 is 0 Å². The Morgan fingerprint density at radius 1 is 1.07 bits per heavy atom. The largest absolute Gasteiger partial charge is 0.494 e. The molecule has 5 heteroatoms. The molecule has 2 aromatic carbocycles. The van der Waals surface area contributed by atoms with E-state index in [-0.39, 0.29) is 12.3 Å². The van der Waals surface area contributed by atoms with Gasteiger partial charge in [0.25, 0.3) is 0 Å². The molecule has 0 saturated heterocycles. The number of aliphatic carboxylic acids is 1. The van der Waals surface area contributed by atoms with Gasteiger partial charge in [-0.15, -0.1) is 0 Å². The Morgan fingerprint density at radius 3 is 2.57 bits per heavy atom. The Bertz CT molecular complexity index is 801. The lowest BCUT2D eigenvalue weighted by Crippen LogP contribution is -2.27. The SMILES string of the molecule is O=C(O)CCCOc1ccc(CNC(=O)CC2CCc3ccccc3C2)cc1. The minimum Gasteiger partial charge on any atom is -0.494 e. The molecule has 2 N–H and O–H groups in total. The van der Waals surface area contributed by atoms with Gasteiger partial charge in [0.15, 0.2) is 0 Å². The Kier molecular flexibility index (Phi) is 7.06. The molecule has 0 aromatic heterocycles. The quantitative estimate of drug-likeness (QED) is 0.649. The second kappa shape index (κ2) is 9.93. The van der Waals surface area contributed by atoms with Crippen LogP contribution in [0, 0.1) is 5.92 Å². The molecule has 3 rings (SSSR count). The predicted octanol–water partition coefficient (Wildman–Crippen LogP) is 3.74. The average molecular weight is 381 g/mol. The van der Waals surface area contributed by atoms with Crippen molar-refractivity contribution >= 4 is 11.9 Å². The first kappa shape index (κ1) is 19.9. The third-order valence-electron chi connectivity index (χ3n) is 5.14. The number of ether oxygens (including phenoxy) is 1. The van der Waals surface area contributed by atoms with Crippen LogP contribution in [0.1, 0.15) is 42.4 Å². The molecule has 0 radical (unpaired) electrons. The molecular weight excluding hydrogens is 354 g/mol. The van der Waals surface area contributed by atoms with Gasteiger partial charge in [-0.1, -0.05) is 36.4 Å². The van der Waals surface area contributed by atoms with Crippen LogP contribution in [0.3, 0.4) is 0 Å². The van der Waals surface area contributed by atoms with Crippen LogP contribution < -0.4 is 10.1 Å². The lowest BCUT2D eigenvalue weighted by Gasteiger charge is -2.24. The average Bonchev–Trinajstić information content (AvgIpc) is 2.70. The minimum atomic E-state index is -0.813. The molecule has 0 heterocycles. The fraction of sp³-hybridized carbons (Fsp3) is 0.391. The van der Waals surface area contributed by atoms with Gasteiger partial charge in [0, 0.05) is 19.4 Å². The smallest absolute Gasteiger partial charge is 0.303 e. The van der Waals surface area contributed by atoms with Crippen molar-refractivity contribution in [3.63, 3.8) is 0 Å². The third kappa shape index (κ3) is 6.12. The van der Waals surface area contributed by atoms with E-state index < -0.39 is 5.97 Å². The maximum Gasteiger partial charge on any atom is 0.303 e. The van der Waals surface area contributed by atoms with E-state index in [1.165, 1.54) is 11.1 Å². The predicted molar refractivity (Wildman–Crippen MR) is 107 cm³/mol. The van der Waals surface area contributed by atoms with Crippen molar-refractivity contribution in [1.29, 1.82) is 0 Å². The number of carboxylic acids is 1. The molecule has 0 fully saturated rings. The number of carbonyl (C=O) groups excluding carboxylic acids is 1. The summed E-state index contributed by atoms with van der Waals surface area (Å²) in [5.41, 5.74) is 3.81. The zero-order valence-corrected chi connectivity index (χ0v) is 16.0. The molecule has 28 heavy (non-hydrogen) atoms. The van der Waals surface area contributed by atoms with E-state index in [0.717, 1.165) is 24.8 Å². The Balaban J connectivity index is 1.38.